The standard InChI is InChI=1S/C17H13N3O2S/c18-16-13(8-4-9-14(16)20(21)22)17(19)23-15-10-3-6-11-5-1-2-7-12(11)15/h1-10,19H,18H2. The molecule has 0 atom stereocenters. The molecular formula is C17H13N3O2S. The van der Waals surface area contributed by atoms with Gasteiger partial charge in [0.05, 0.1) is 4.92 Å². The molecule has 0 fully saturated rings. The van der Waals surface area contributed by atoms with Crippen molar-refractivity contribution in [1.29, 1.82) is 5.41 Å². The summed E-state index contributed by atoms with van der Waals surface area (Å²) in [4.78, 5) is 11.4. The number of thioether (sulfide) groups is 1. The van der Waals surface area contributed by atoms with Gasteiger partial charge in [0.15, 0.2) is 0 Å². The van der Waals surface area contributed by atoms with Gasteiger partial charge in [0.1, 0.15) is 10.7 Å². The largest absolute Gasteiger partial charge is 0.393 e. The van der Waals surface area contributed by atoms with Gasteiger partial charge in [-0.25, -0.2) is 0 Å². The third kappa shape index (κ3) is 2.89. The third-order valence-electron chi connectivity index (χ3n) is 3.49. The molecule has 0 heterocycles. The fourth-order valence-corrected chi connectivity index (χ4v) is 3.31. The number of nitro benzene ring substituents is 1. The maximum atomic E-state index is 11.0. The summed E-state index contributed by atoms with van der Waals surface area (Å²) in [5.74, 6) is 0. The molecule has 0 radical (unpaired) electrons. The van der Waals surface area contributed by atoms with Crippen molar-refractivity contribution in [1.82, 2.24) is 0 Å². The predicted molar refractivity (Wildman–Crippen MR) is 94.1 cm³/mol. The van der Waals surface area contributed by atoms with Gasteiger partial charge in [0.2, 0.25) is 0 Å². The van der Waals surface area contributed by atoms with Crippen molar-refractivity contribution in [2.24, 2.45) is 0 Å². The van der Waals surface area contributed by atoms with E-state index in [-0.39, 0.29) is 16.4 Å². The summed E-state index contributed by atoms with van der Waals surface area (Å²) >= 11 is 1.24. The molecule has 3 aromatic carbocycles. The van der Waals surface area contributed by atoms with E-state index in [4.69, 9.17) is 11.1 Å². The topological polar surface area (TPSA) is 93.0 Å². The fourth-order valence-electron chi connectivity index (χ4n) is 2.36. The number of para-hydroxylation sites is 1. The molecule has 0 aliphatic carbocycles. The van der Waals surface area contributed by atoms with E-state index in [1.54, 1.807) is 12.1 Å². The zero-order valence-corrected chi connectivity index (χ0v) is 12.8. The normalized spacial score (nSPS) is 10.6. The van der Waals surface area contributed by atoms with Crippen LogP contribution in [0.15, 0.2) is 65.6 Å². The molecule has 0 spiro atoms. The van der Waals surface area contributed by atoms with E-state index in [1.165, 1.54) is 17.8 Å². The first-order valence-electron chi connectivity index (χ1n) is 6.85. The fraction of sp³-hybridized carbons (Fsp3) is 0. The molecule has 0 aromatic heterocycles. The molecule has 0 aliphatic heterocycles. The Morgan fingerprint density at radius 3 is 2.52 bits per heavy atom. The molecule has 23 heavy (non-hydrogen) atoms. The highest BCUT2D eigenvalue weighted by atomic mass is 32.2. The van der Waals surface area contributed by atoms with Gasteiger partial charge in [-0.05, 0) is 22.9 Å². The van der Waals surface area contributed by atoms with E-state index < -0.39 is 4.92 Å². The molecule has 0 bridgehead atoms. The number of nitrogen functional groups attached to an aromatic ring is 1. The van der Waals surface area contributed by atoms with Crippen LogP contribution in [-0.2, 0) is 0 Å². The number of hydrogen-bond acceptors (Lipinski definition) is 5. The first-order chi connectivity index (χ1) is 11.1. The van der Waals surface area contributed by atoms with Crippen LogP contribution in [0.5, 0.6) is 0 Å². The summed E-state index contributed by atoms with van der Waals surface area (Å²) in [7, 11) is 0. The van der Waals surface area contributed by atoms with E-state index >= 15 is 0 Å². The van der Waals surface area contributed by atoms with Crippen LogP contribution in [0.1, 0.15) is 5.56 Å². The maximum absolute atomic E-state index is 11.0. The van der Waals surface area contributed by atoms with E-state index in [0.29, 0.717) is 5.56 Å². The lowest BCUT2D eigenvalue weighted by atomic mass is 10.1. The Bertz CT molecular complexity index is 919. The van der Waals surface area contributed by atoms with Gasteiger partial charge in [-0.3, -0.25) is 15.5 Å². The van der Waals surface area contributed by atoms with Crippen LogP contribution in [0.3, 0.4) is 0 Å². The molecule has 0 aliphatic rings. The molecule has 5 nitrogen and oxygen atoms in total. The molecule has 3 N–H and O–H groups in total. The van der Waals surface area contributed by atoms with Gasteiger partial charge < -0.3 is 5.73 Å². The maximum Gasteiger partial charge on any atom is 0.292 e. The zero-order valence-electron chi connectivity index (χ0n) is 12.0. The zero-order chi connectivity index (χ0) is 16.4. The number of fused-ring (bicyclic) bond motifs is 1. The first kappa shape index (κ1) is 15.1. The highest BCUT2D eigenvalue weighted by molar-refractivity contribution is 8.14. The summed E-state index contributed by atoms with van der Waals surface area (Å²) < 4.78 is 0. The van der Waals surface area contributed by atoms with Crippen LogP contribution in [0, 0.1) is 15.5 Å². The second-order valence-corrected chi connectivity index (χ2v) is 5.96. The van der Waals surface area contributed by atoms with Crippen molar-refractivity contribution < 1.29 is 4.92 Å². The Morgan fingerprint density at radius 2 is 1.74 bits per heavy atom. The lowest BCUT2D eigenvalue weighted by molar-refractivity contribution is -0.383. The minimum Gasteiger partial charge on any atom is -0.393 e. The number of benzene rings is 3. The Morgan fingerprint density at radius 1 is 1.04 bits per heavy atom. The Labute approximate surface area is 136 Å². The van der Waals surface area contributed by atoms with Gasteiger partial charge in [0.25, 0.3) is 5.69 Å². The minimum atomic E-state index is -0.533. The summed E-state index contributed by atoms with van der Waals surface area (Å²) in [5.41, 5.74) is 6.08. The average Bonchev–Trinajstić information content (AvgIpc) is 2.55. The number of nitrogens with two attached hydrogens (primary N) is 1. The highest BCUT2D eigenvalue weighted by Crippen LogP contribution is 2.33. The second-order valence-electron chi connectivity index (χ2n) is 4.90. The van der Waals surface area contributed by atoms with Crippen molar-refractivity contribution in [2.75, 3.05) is 5.73 Å². The summed E-state index contributed by atoms with van der Waals surface area (Å²) in [6.07, 6.45) is 0. The van der Waals surface area contributed by atoms with Crippen LogP contribution in [0.2, 0.25) is 0 Å². The van der Waals surface area contributed by atoms with Gasteiger partial charge in [-0.1, -0.05) is 54.2 Å². The van der Waals surface area contributed by atoms with Crippen LogP contribution in [0.25, 0.3) is 10.8 Å². The Kier molecular flexibility index (Phi) is 3.99. The molecule has 6 heteroatoms. The molecule has 3 aromatic rings. The predicted octanol–water partition coefficient (Wildman–Crippen LogP) is 4.45. The number of nitrogens with zero attached hydrogens (tertiary/aromatic N) is 1. The molecule has 0 unspecified atom stereocenters. The average molecular weight is 323 g/mol. The summed E-state index contributed by atoms with van der Waals surface area (Å²) in [6.45, 7) is 0. The van der Waals surface area contributed by atoms with Gasteiger partial charge in [0, 0.05) is 16.5 Å². The van der Waals surface area contributed by atoms with Crippen molar-refractivity contribution in [3.8, 4) is 0 Å². The van der Waals surface area contributed by atoms with Crippen LogP contribution in [0.4, 0.5) is 11.4 Å². The summed E-state index contributed by atoms with van der Waals surface area (Å²) in [6, 6.07) is 18.3. The number of rotatable bonds is 3. The molecule has 0 saturated carbocycles. The van der Waals surface area contributed by atoms with Crippen LogP contribution < -0.4 is 5.73 Å². The lowest BCUT2D eigenvalue weighted by Crippen LogP contribution is -2.03. The Balaban J connectivity index is 1.99. The minimum absolute atomic E-state index is 0.0234. The highest BCUT2D eigenvalue weighted by Gasteiger charge is 2.18. The smallest absolute Gasteiger partial charge is 0.292 e. The van der Waals surface area contributed by atoms with E-state index in [2.05, 4.69) is 0 Å². The molecule has 114 valence electrons. The van der Waals surface area contributed by atoms with Gasteiger partial charge in [-0.15, -0.1) is 0 Å². The number of hydrogen-bond donors (Lipinski definition) is 2. The lowest BCUT2D eigenvalue weighted by Gasteiger charge is -2.09. The quantitative estimate of drug-likeness (QED) is 0.186. The van der Waals surface area contributed by atoms with Crippen molar-refractivity contribution >= 4 is 39.0 Å². The van der Waals surface area contributed by atoms with Crippen molar-refractivity contribution in [3.05, 3.63) is 76.3 Å². The van der Waals surface area contributed by atoms with E-state index in [0.717, 1.165) is 15.7 Å². The van der Waals surface area contributed by atoms with Crippen LogP contribution >= 0.6 is 11.8 Å². The van der Waals surface area contributed by atoms with Crippen molar-refractivity contribution in [2.45, 2.75) is 4.90 Å². The van der Waals surface area contributed by atoms with E-state index in [1.807, 2.05) is 42.5 Å². The van der Waals surface area contributed by atoms with Crippen LogP contribution in [-0.4, -0.2) is 9.97 Å². The van der Waals surface area contributed by atoms with Gasteiger partial charge in [-0.2, -0.15) is 0 Å². The Hall–Kier alpha value is -2.86. The molecule has 3 rings (SSSR count). The molecule has 0 saturated heterocycles. The SMILES string of the molecule is N=C(Sc1cccc2ccccc12)c1cccc([N+](=O)[O-])c1N. The number of nitro groups is 1. The molecule has 0 amide bonds. The van der Waals surface area contributed by atoms with Crippen molar-refractivity contribution in [3.63, 3.8) is 0 Å². The molecular weight excluding hydrogens is 310 g/mol. The second kappa shape index (κ2) is 6.10. The third-order valence-corrected chi connectivity index (χ3v) is 4.49. The number of anilines is 1. The summed E-state index contributed by atoms with van der Waals surface area (Å²) in [5, 5.41) is 21.6. The first-order valence-corrected chi connectivity index (χ1v) is 7.67. The van der Waals surface area contributed by atoms with Gasteiger partial charge >= 0.3 is 0 Å². The monoisotopic (exact) mass is 323 g/mol. The number of nitrogens with one attached hydrogen (secondary N) is 1. The van der Waals surface area contributed by atoms with E-state index in [9.17, 15) is 10.1 Å².